The van der Waals surface area contributed by atoms with Crippen molar-refractivity contribution in [1.82, 2.24) is 4.90 Å². The highest BCUT2D eigenvalue weighted by molar-refractivity contribution is 6.01. The monoisotopic (exact) mass is 364 g/mol. The summed E-state index contributed by atoms with van der Waals surface area (Å²) in [4.78, 5) is 25.4. The second-order valence-corrected chi connectivity index (χ2v) is 6.82. The van der Waals surface area contributed by atoms with Crippen molar-refractivity contribution >= 4 is 23.6 Å². The summed E-state index contributed by atoms with van der Waals surface area (Å²) in [7, 11) is 0. The minimum absolute atomic E-state index is 0.168. The molecule has 0 atom stereocenters. The molecule has 2 aromatic carbocycles. The van der Waals surface area contributed by atoms with E-state index in [0.29, 0.717) is 12.8 Å². The number of carboxylic acids is 1. The molecule has 0 spiro atoms. The van der Waals surface area contributed by atoms with Gasteiger partial charge in [0.1, 0.15) is 0 Å². The fraction of sp³-hybridized carbons (Fsp3) is 0.273. The van der Waals surface area contributed by atoms with E-state index >= 15 is 0 Å². The smallest absolute Gasteiger partial charge is 0.306 e. The molecule has 0 saturated carbocycles. The zero-order valence-corrected chi connectivity index (χ0v) is 15.2. The van der Waals surface area contributed by atoms with Gasteiger partial charge >= 0.3 is 5.97 Å². The zero-order valence-electron chi connectivity index (χ0n) is 15.2. The van der Waals surface area contributed by atoms with Crippen molar-refractivity contribution in [1.29, 1.82) is 0 Å². The van der Waals surface area contributed by atoms with E-state index in [9.17, 15) is 9.59 Å². The van der Waals surface area contributed by atoms with E-state index in [1.165, 1.54) is 6.08 Å². The Balaban J connectivity index is 1.53. The second kappa shape index (κ2) is 9.14. The molecule has 2 aromatic rings. The Morgan fingerprint density at radius 2 is 1.81 bits per heavy atom. The molecule has 0 radical (unpaired) electrons. The average Bonchev–Trinajstić information content (AvgIpc) is 2.68. The molecule has 140 valence electrons. The number of likely N-dealkylation sites (tertiary alicyclic amines) is 1. The van der Waals surface area contributed by atoms with Gasteiger partial charge in [-0.15, -0.1) is 0 Å². The number of rotatable bonds is 6. The molecular weight excluding hydrogens is 340 g/mol. The molecule has 0 aromatic heterocycles. The minimum atomic E-state index is -0.692. The Hall–Kier alpha value is -2.92. The largest absolute Gasteiger partial charge is 0.481 e. The standard InChI is InChI=1S/C22H24N2O3/c25-21(10-9-17-5-2-1-3-6-17)23-20-8-4-7-18(15-20)16-24-13-11-19(12-14-24)22(26)27/h1-10,15,19H,11-14,16H2,(H,23,25)(H,26,27)/b10-9+. The quantitative estimate of drug-likeness (QED) is 0.768. The summed E-state index contributed by atoms with van der Waals surface area (Å²) in [6, 6.07) is 17.5. The molecule has 1 amide bonds. The molecule has 3 rings (SSSR count). The van der Waals surface area contributed by atoms with Crippen LogP contribution in [-0.2, 0) is 16.1 Å². The summed E-state index contributed by atoms with van der Waals surface area (Å²) in [6.07, 6.45) is 4.69. The summed E-state index contributed by atoms with van der Waals surface area (Å²) in [6.45, 7) is 2.33. The van der Waals surface area contributed by atoms with Gasteiger partial charge in [-0.3, -0.25) is 14.5 Å². The fourth-order valence-electron chi connectivity index (χ4n) is 3.26. The van der Waals surface area contributed by atoms with Crippen molar-refractivity contribution in [2.75, 3.05) is 18.4 Å². The van der Waals surface area contributed by atoms with Gasteiger partial charge in [0.05, 0.1) is 5.92 Å². The van der Waals surface area contributed by atoms with Crippen LogP contribution in [0, 0.1) is 5.92 Å². The topological polar surface area (TPSA) is 69.6 Å². The first-order valence-corrected chi connectivity index (χ1v) is 9.18. The maximum absolute atomic E-state index is 12.1. The lowest BCUT2D eigenvalue weighted by molar-refractivity contribution is -0.143. The SMILES string of the molecule is O=C(/C=C/c1ccccc1)Nc1cccc(CN2CCC(C(=O)O)CC2)c1. The Labute approximate surface area is 159 Å². The summed E-state index contributed by atoms with van der Waals surface area (Å²) < 4.78 is 0. The van der Waals surface area contributed by atoms with Crippen molar-refractivity contribution in [3.05, 3.63) is 71.8 Å². The van der Waals surface area contributed by atoms with Crippen LogP contribution in [0.2, 0.25) is 0 Å². The van der Waals surface area contributed by atoms with E-state index in [1.807, 2.05) is 54.6 Å². The molecule has 0 unspecified atom stereocenters. The van der Waals surface area contributed by atoms with Gasteiger partial charge in [-0.2, -0.15) is 0 Å². The van der Waals surface area contributed by atoms with Gasteiger partial charge in [0.15, 0.2) is 0 Å². The summed E-state index contributed by atoms with van der Waals surface area (Å²) in [5, 5.41) is 12.0. The third-order valence-electron chi connectivity index (χ3n) is 4.76. The van der Waals surface area contributed by atoms with Crippen molar-refractivity contribution in [2.45, 2.75) is 19.4 Å². The summed E-state index contributed by atoms with van der Waals surface area (Å²) in [5.74, 6) is -1.08. The molecule has 1 fully saturated rings. The Morgan fingerprint density at radius 3 is 2.52 bits per heavy atom. The summed E-state index contributed by atoms with van der Waals surface area (Å²) >= 11 is 0. The molecule has 1 aliphatic rings. The van der Waals surface area contributed by atoms with Gasteiger partial charge in [0.2, 0.25) is 5.91 Å². The van der Waals surface area contributed by atoms with E-state index in [1.54, 1.807) is 6.08 Å². The Kier molecular flexibility index (Phi) is 6.39. The van der Waals surface area contributed by atoms with Gasteiger partial charge in [-0.05, 0) is 55.3 Å². The van der Waals surface area contributed by atoms with Gasteiger partial charge in [-0.1, -0.05) is 42.5 Å². The number of anilines is 1. The Morgan fingerprint density at radius 1 is 1.07 bits per heavy atom. The average molecular weight is 364 g/mol. The van der Waals surface area contributed by atoms with Crippen molar-refractivity contribution in [3.8, 4) is 0 Å². The van der Waals surface area contributed by atoms with Crippen molar-refractivity contribution in [2.24, 2.45) is 5.92 Å². The minimum Gasteiger partial charge on any atom is -0.481 e. The third-order valence-corrected chi connectivity index (χ3v) is 4.76. The highest BCUT2D eigenvalue weighted by Gasteiger charge is 2.24. The Bertz CT molecular complexity index is 809. The molecule has 2 N–H and O–H groups in total. The van der Waals surface area contributed by atoms with E-state index in [4.69, 9.17) is 5.11 Å². The number of carboxylic acid groups (broad SMARTS) is 1. The molecule has 0 bridgehead atoms. The number of amides is 1. The maximum atomic E-state index is 12.1. The number of hydrogen-bond donors (Lipinski definition) is 2. The molecular formula is C22H24N2O3. The number of piperidine rings is 1. The highest BCUT2D eigenvalue weighted by Crippen LogP contribution is 2.20. The second-order valence-electron chi connectivity index (χ2n) is 6.82. The zero-order chi connectivity index (χ0) is 19.1. The fourth-order valence-corrected chi connectivity index (χ4v) is 3.26. The first kappa shape index (κ1) is 18.9. The lowest BCUT2D eigenvalue weighted by Crippen LogP contribution is -2.35. The molecule has 1 saturated heterocycles. The van der Waals surface area contributed by atoms with E-state index in [2.05, 4.69) is 10.2 Å². The van der Waals surface area contributed by atoms with Crippen molar-refractivity contribution in [3.63, 3.8) is 0 Å². The van der Waals surface area contributed by atoms with E-state index in [-0.39, 0.29) is 11.8 Å². The van der Waals surface area contributed by atoms with Crippen LogP contribution in [0.1, 0.15) is 24.0 Å². The van der Waals surface area contributed by atoms with Gasteiger partial charge in [0, 0.05) is 18.3 Å². The first-order valence-electron chi connectivity index (χ1n) is 9.18. The predicted molar refractivity (Wildman–Crippen MR) is 106 cm³/mol. The van der Waals surface area contributed by atoms with Crippen LogP contribution in [0.25, 0.3) is 6.08 Å². The van der Waals surface area contributed by atoms with Crippen LogP contribution < -0.4 is 5.32 Å². The normalized spacial score (nSPS) is 15.7. The molecule has 5 heteroatoms. The molecule has 27 heavy (non-hydrogen) atoms. The van der Waals surface area contributed by atoms with Crippen LogP contribution >= 0.6 is 0 Å². The first-order chi connectivity index (χ1) is 13.1. The van der Waals surface area contributed by atoms with Gasteiger partial charge in [0.25, 0.3) is 0 Å². The van der Waals surface area contributed by atoms with Crippen LogP contribution in [0.4, 0.5) is 5.69 Å². The van der Waals surface area contributed by atoms with Crippen LogP contribution in [0.3, 0.4) is 0 Å². The van der Waals surface area contributed by atoms with E-state index in [0.717, 1.165) is 36.4 Å². The van der Waals surface area contributed by atoms with Gasteiger partial charge < -0.3 is 10.4 Å². The maximum Gasteiger partial charge on any atom is 0.306 e. The lowest BCUT2D eigenvalue weighted by atomic mass is 9.97. The number of aliphatic carboxylic acids is 1. The number of benzene rings is 2. The molecule has 0 aliphatic carbocycles. The molecule has 1 aliphatic heterocycles. The van der Waals surface area contributed by atoms with Crippen molar-refractivity contribution < 1.29 is 14.7 Å². The molecule has 1 heterocycles. The number of carbonyl (C=O) groups excluding carboxylic acids is 1. The number of hydrogen-bond acceptors (Lipinski definition) is 3. The van der Waals surface area contributed by atoms with E-state index < -0.39 is 5.97 Å². The number of carbonyl (C=O) groups is 2. The molecule has 5 nitrogen and oxygen atoms in total. The predicted octanol–water partition coefficient (Wildman–Crippen LogP) is 3.64. The lowest BCUT2D eigenvalue weighted by Gasteiger charge is -2.30. The van der Waals surface area contributed by atoms with Crippen LogP contribution in [0.15, 0.2) is 60.7 Å². The summed E-state index contributed by atoms with van der Waals surface area (Å²) in [5.41, 5.74) is 2.84. The van der Waals surface area contributed by atoms with Crippen LogP contribution in [0.5, 0.6) is 0 Å². The third kappa shape index (κ3) is 5.79. The van der Waals surface area contributed by atoms with Crippen LogP contribution in [-0.4, -0.2) is 35.0 Å². The number of nitrogens with zero attached hydrogens (tertiary/aromatic N) is 1. The van der Waals surface area contributed by atoms with Gasteiger partial charge in [-0.25, -0.2) is 0 Å². The number of nitrogens with one attached hydrogen (secondary N) is 1. The highest BCUT2D eigenvalue weighted by atomic mass is 16.4.